The van der Waals surface area contributed by atoms with E-state index in [4.69, 9.17) is 4.42 Å². The predicted octanol–water partition coefficient (Wildman–Crippen LogP) is 4.74. The number of carbonyl (C=O) groups excluding carboxylic acids is 1. The summed E-state index contributed by atoms with van der Waals surface area (Å²) in [6.45, 7) is 6.20. The zero-order valence-corrected chi connectivity index (χ0v) is 15.8. The summed E-state index contributed by atoms with van der Waals surface area (Å²) in [5.41, 5.74) is 1.77. The molecule has 0 saturated heterocycles. The molecule has 0 radical (unpaired) electrons. The van der Waals surface area contributed by atoms with Crippen molar-refractivity contribution < 1.29 is 13.6 Å². The Bertz CT molecular complexity index is 869. The molecule has 27 heavy (non-hydrogen) atoms. The molecule has 3 rings (SSSR count). The second-order valence-electron chi connectivity index (χ2n) is 7.13. The van der Waals surface area contributed by atoms with E-state index in [0.717, 1.165) is 22.3 Å². The summed E-state index contributed by atoms with van der Waals surface area (Å²) in [6, 6.07) is 15.8. The Hall–Kier alpha value is -2.66. The second kappa shape index (κ2) is 8.35. The Morgan fingerprint density at radius 2 is 1.78 bits per heavy atom. The van der Waals surface area contributed by atoms with Gasteiger partial charge in [0.25, 0.3) is 0 Å². The van der Waals surface area contributed by atoms with Crippen LogP contribution in [0.5, 0.6) is 0 Å². The molecule has 2 aromatic carbocycles. The first-order chi connectivity index (χ1) is 12.9. The molecule has 0 unspecified atom stereocenters. The van der Waals surface area contributed by atoms with Crippen LogP contribution in [-0.2, 0) is 4.79 Å². The van der Waals surface area contributed by atoms with Gasteiger partial charge in [0.05, 0.1) is 12.6 Å². The Morgan fingerprint density at radius 1 is 1.07 bits per heavy atom. The van der Waals surface area contributed by atoms with Crippen molar-refractivity contribution in [1.82, 2.24) is 10.6 Å². The molecule has 0 bridgehead atoms. The van der Waals surface area contributed by atoms with Crippen LogP contribution in [0.2, 0.25) is 0 Å². The smallest absolute Gasteiger partial charge is 0.234 e. The highest BCUT2D eigenvalue weighted by Crippen LogP contribution is 2.24. The van der Waals surface area contributed by atoms with Crippen molar-refractivity contribution in [3.63, 3.8) is 0 Å². The van der Waals surface area contributed by atoms with Gasteiger partial charge in [0.15, 0.2) is 0 Å². The van der Waals surface area contributed by atoms with E-state index in [2.05, 4.69) is 24.5 Å². The van der Waals surface area contributed by atoms with Crippen molar-refractivity contribution >= 4 is 16.9 Å². The minimum absolute atomic E-state index is 0.0298. The molecular weight excluding hydrogens is 343 g/mol. The van der Waals surface area contributed by atoms with Gasteiger partial charge in [-0.1, -0.05) is 44.2 Å². The number of benzene rings is 2. The molecule has 142 valence electrons. The lowest BCUT2D eigenvalue weighted by atomic mass is 9.96. The lowest BCUT2D eigenvalue weighted by molar-refractivity contribution is -0.121. The van der Waals surface area contributed by atoms with Crippen LogP contribution in [0.1, 0.15) is 44.2 Å². The average molecular weight is 368 g/mol. The van der Waals surface area contributed by atoms with Gasteiger partial charge >= 0.3 is 0 Å². The molecule has 0 spiro atoms. The summed E-state index contributed by atoms with van der Waals surface area (Å²) >= 11 is 0. The molecular formula is C22H25FN2O2. The standard InChI is InChI=1S/C22H25FN2O2/c1-14(2)22(16-8-10-18(23)11-9-16)24-13-21(26)25-15(3)20-12-17-6-4-5-7-19(17)27-20/h4-12,14-15,22,24H,13H2,1-3H3,(H,25,26)/t15-,22-/m0/s1. The molecule has 1 aromatic heterocycles. The SMILES string of the molecule is CC(C)[C@H](NCC(=O)N[C@@H](C)c1cc2ccccc2o1)c1ccc(F)cc1. The zero-order chi connectivity index (χ0) is 19.4. The molecule has 0 aliphatic rings. The van der Waals surface area contributed by atoms with Crippen LogP contribution in [0.15, 0.2) is 59.0 Å². The van der Waals surface area contributed by atoms with Crippen LogP contribution in [0.4, 0.5) is 4.39 Å². The number of rotatable bonds is 7. The normalized spacial score (nSPS) is 13.7. The summed E-state index contributed by atoms with van der Waals surface area (Å²) in [7, 11) is 0. The predicted molar refractivity (Wildman–Crippen MR) is 105 cm³/mol. The number of fused-ring (bicyclic) bond motifs is 1. The number of carbonyl (C=O) groups is 1. The monoisotopic (exact) mass is 368 g/mol. The number of hydrogen-bond acceptors (Lipinski definition) is 3. The number of para-hydroxylation sites is 1. The fourth-order valence-electron chi connectivity index (χ4n) is 3.19. The summed E-state index contributed by atoms with van der Waals surface area (Å²) in [5.74, 6) is 0.605. The van der Waals surface area contributed by atoms with E-state index in [0.29, 0.717) is 0 Å². The van der Waals surface area contributed by atoms with Gasteiger partial charge in [0, 0.05) is 11.4 Å². The van der Waals surface area contributed by atoms with Crippen molar-refractivity contribution in [1.29, 1.82) is 0 Å². The molecule has 0 saturated carbocycles. The topological polar surface area (TPSA) is 54.3 Å². The van der Waals surface area contributed by atoms with Gasteiger partial charge in [-0.3, -0.25) is 4.79 Å². The Morgan fingerprint density at radius 3 is 2.44 bits per heavy atom. The first-order valence-corrected chi connectivity index (χ1v) is 9.20. The highest BCUT2D eigenvalue weighted by atomic mass is 19.1. The third kappa shape index (κ3) is 4.74. The Kier molecular flexibility index (Phi) is 5.91. The number of halogens is 1. The molecule has 2 N–H and O–H groups in total. The lowest BCUT2D eigenvalue weighted by Gasteiger charge is -2.23. The number of furan rings is 1. The van der Waals surface area contributed by atoms with Crippen molar-refractivity contribution in [2.75, 3.05) is 6.54 Å². The van der Waals surface area contributed by atoms with Gasteiger partial charge in [-0.25, -0.2) is 4.39 Å². The van der Waals surface area contributed by atoms with E-state index in [1.54, 1.807) is 12.1 Å². The molecule has 1 heterocycles. The Labute approximate surface area is 158 Å². The van der Waals surface area contributed by atoms with E-state index >= 15 is 0 Å². The van der Waals surface area contributed by atoms with E-state index in [1.807, 2.05) is 37.3 Å². The quantitative estimate of drug-likeness (QED) is 0.633. The van der Waals surface area contributed by atoms with Crippen LogP contribution in [0.25, 0.3) is 11.0 Å². The van der Waals surface area contributed by atoms with Crippen LogP contribution in [-0.4, -0.2) is 12.5 Å². The maximum Gasteiger partial charge on any atom is 0.234 e. The molecule has 5 heteroatoms. The van der Waals surface area contributed by atoms with Gasteiger partial charge < -0.3 is 15.1 Å². The summed E-state index contributed by atoms with van der Waals surface area (Å²) < 4.78 is 19.0. The van der Waals surface area contributed by atoms with Gasteiger partial charge in [-0.15, -0.1) is 0 Å². The largest absolute Gasteiger partial charge is 0.459 e. The van der Waals surface area contributed by atoms with Crippen molar-refractivity contribution in [2.24, 2.45) is 5.92 Å². The third-order valence-electron chi connectivity index (χ3n) is 4.63. The lowest BCUT2D eigenvalue weighted by Crippen LogP contribution is -2.38. The molecule has 0 aliphatic heterocycles. The maximum atomic E-state index is 13.2. The number of amides is 1. The van der Waals surface area contributed by atoms with Crippen LogP contribution >= 0.6 is 0 Å². The number of hydrogen-bond donors (Lipinski definition) is 2. The first-order valence-electron chi connectivity index (χ1n) is 9.20. The molecule has 0 aliphatic carbocycles. The first kappa shape index (κ1) is 19.1. The van der Waals surface area contributed by atoms with Gasteiger partial charge in [-0.05, 0) is 42.7 Å². The molecule has 3 aromatic rings. The fraction of sp³-hybridized carbons (Fsp3) is 0.318. The van der Waals surface area contributed by atoms with Gasteiger partial charge in [0.1, 0.15) is 17.2 Å². The van der Waals surface area contributed by atoms with Crippen LogP contribution < -0.4 is 10.6 Å². The fourth-order valence-corrected chi connectivity index (χ4v) is 3.19. The van der Waals surface area contributed by atoms with E-state index in [-0.39, 0.29) is 36.3 Å². The van der Waals surface area contributed by atoms with Gasteiger partial charge in [0.2, 0.25) is 5.91 Å². The van der Waals surface area contributed by atoms with Crippen LogP contribution in [0, 0.1) is 11.7 Å². The van der Waals surface area contributed by atoms with E-state index < -0.39 is 0 Å². The Balaban J connectivity index is 1.59. The molecule has 0 fully saturated rings. The van der Waals surface area contributed by atoms with Gasteiger partial charge in [-0.2, -0.15) is 0 Å². The van der Waals surface area contributed by atoms with Crippen molar-refractivity contribution in [3.8, 4) is 0 Å². The molecule has 2 atom stereocenters. The second-order valence-corrected chi connectivity index (χ2v) is 7.13. The third-order valence-corrected chi connectivity index (χ3v) is 4.63. The summed E-state index contributed by atoms with van der Waals surface area (Å²) in [4.78, 5) is 12.4. The summed E-state index contributed by atoms with van der Waals surface area (Å²) in [5, 5.41) is 7.25. The molecule has 4 nitrogen and oxygen atoms in total. The highest BCUT2D eigenvalue weighted by Gasteiger charge is 2.18. The van der Waals surface area contributed by atoms with Crippen molar-refractivity contribution in [2.45, 2.75) is 32.9 Å². The zero-order valence-electron chi connectivity index (χ0n) is 15.8. The van der Waals surface area contributed by atoms with Crippen LogP contribution in [0.3, 0.4) is 0 Å². The average Bonchev–Trinajstić information content (AvgIpc) is 3.07. The minimum atomic E-state index is -0.265. The minimum Gasteiger partial charge on any atom is -0.459 e. The number of nitrogens with one attached hydrogen (secondary N) is 2. The summed E-state index contributed by atoms with van der Waals surface area (Å²) in [6.07, 6.45) is 0. The van der Waals surface area contributed by atoms with E-state index in [1.165, 1.54) is 12.1 Å². The van der Waals surface area contributed by atoms with E-state index in [9.17, 15) is 9.18 Å². The van der Waals surface area contributed by atoms with Crippen molar-refractivity contribution in [3.05, 3.63) is 71.7 Å². The maximum absolute atomic E-state index is 13.2. The highest BCUT2D eigenvalue weighted by molar-refractivity contribution is 5.80. The molecule has 1 amide bonds.